The van der Waals surface area contributed by atoms with Gasteiger partial charge < -0.3 is 14.8 Å². The van der Waals surface area contributed by atoms with Crippen molar-refractivity contribution in [3.8, 4) is 5.75 Å². The second kappa shape index (κ2) is 7.50. The number of aromatic nitrogens is 1. The van der Waals surface area contributed by atoms with Gasteiger partial charge in [-0.2, -0.15) is 0 Å². The summed E-state index contributed by atoms with van der Waals surface area (Å²) in [5, 5.41) is 13.4. The zero-order valence-corrected chi connectivity index (χ0v) is 16.8. The van der Waals surface area contributed by atoms with E-state index in [1.54, 1.807) is 7.11 Å². The summed E-state index contributed by atoms with van der Waals surface area (Å²) in [6, 6.07) is 19.5. The number of para-hydroxylation sites is 1. The average molecular weight is 400 g/mol. The third-order valence-electron chi connectivity index (χ3n) is 6.27. The van der Waals surface area contributed by atoms with E-state index in [1.165, 1.54) is 0 Å². The lowest BCUT2D eigenvalue weighted by molar-refractivity contribution is -0.144. The number of methoxy groups -OCH3 is 1. The molecule has 2 heterocycles. The maximum absolute atomic E-state index is 12.5. The van der Waals surface area contributed by atoms with Gasteiger partial charge in [0.2, 0.25) is 0 Å². The van der Waals surface area contributed by atoms with Crippen molar-refractivity contribution in [2.24, 2.45) is 0 Å². The van der Waals surface area contributed by atoms with Gasteiger partial charge in [-0.3, -0.25) is 9.69 Å². The van der Waals surface area contributed by atoms with Gasteiger partial charge in [0.05, 0.1) is 7.11 Å². The molecule has 30 heavy (non-hydrogen) atoms. The van der Waals surface area contributed by atoms with Gasteiger partial charge in [0.1, 0.15) is 11.8 Å². The van der Waals surface area contributed by atoms with E-state index in [2.05, 4.69) is 28.1 Å². The van der Waals surface area contributed by atoms with Gasteiger partial charge in [0.25, 0.3) is 0 Å². The van der Waals surface area contributed by atoms with E-state index in [0.29, 0.717) is 0 Å². The van der Waals surface area contributed by atoms with Crippen molar-refractivity contribution in [1.82, 2.24) is 9.88 Å². The first-order valence-corrected chi connectivity index (χ1v) is 10.3. The smallest absolute Gasteiger partial charge is 0.325 e. The van der Waals surface area contributed by atoms with E-state index in [1.807, 2.05) is 48.7 Å². The van der Waals surface area contributed by atoms with Crippen molar-refractivity contribution < 1.29 is 14.6 Å². The summed E-state index contributed by atoms with van der Waals surface area (Å²) in [6.45, 7) is 0.751. The van der Waals surface area contributed by atoms with Crippen molar-refractivity contribution in [2.45, 2.75) is 24.9 Å². The number of carboxylic acids is 1. The Bertz CT molecular complexity index is 1230. The van der Waals surface area contributed by atoms with E-state index in [-0.39, 0.29) is 6.04 Å². The summed E-state index contributed by atoms with van der Waals surface area (Å²) in [5.74, 6) is 0.0229. The molecule has 0 spiro atoms. The number of hydrogen-bond donors (Lipinski definition) is 2. The molecule has 1 aromatic heterocycles. The fraction of sp³-hybridized carbons (Fsp3) is 0.240. The molecule has 0 radical (unpaired) electrons. The second-order valence-electron chi connectivity index (χ2n) is 7.83. The fourth-order valence-corrected chi connectivity index (χ4v) is 4.97. The number of H-pyrrole nitrogens is 1. The van der Waals surface area contributed by atoms with Crippen LogP contribution in [0, 0.1) is 0 Å². The van der Waals surface area contributed by atoms with Crippen molar-refractivity contribution in [3.63, 3.8) is 0 Å². The van der Waals surface area contributed by atoms with E-state index in [4.69, 9.17) is 4.74 Å². The summed E-state index contributed by atoms with van der Waals surface area (Å²) >= 11 is 0. The van der Waals surface area contributed by atoms with Crippen LogP contribution in [0.1, 0.15) is 36.1 Å². The number of rotatable bonds is 5. The average Bonchev–Trinajstić information content (AvgIpc) is 3.41. The molecule has 3 aromatic carbocycles. The van der Waals surface area contributed by atoms with Crippen LogP contribution >= 0.6 is 0 Å². The minimum atomic E-state index is -0.815. The van der Waals surface area contributed by atoms with Gasteiger partial charge in [0, 0.05) is 34.1 Å². The molecule has 2 N–H and O–H groups in total. The predicted molar refractivity (Wildman–Crippen MR) is 118 cm³/mol. The third kappa shape index (κ3) is 2.94. The van der Waals surface area contributed by atoms with Gasteiger partial charge in [-0.1, -0.05) is 48.5 Å². The highest BCUT2D eigenvalue weighted by Gasteiger charge is 2.38. The molecular formula is C25H24N2O3. The van der Waals surface area contributed by atoms with Gasteiger partial charge in [0.15, 0.2) is 0 Å². The minimum Gasteiger partial charge on any atom is -0.496 e. The number of aromatic amines is 1. The molecule has 4 aromatic rings. The number of carbonyl (C=O) groups is 1. The first kappa shape index (κ1) is 18.7. The Kier molecular flexibility index (Phi) is 4.68. The highest BCUT2D eigenvalue weighted by atomic mass is 16.5. The van der Waals surface area contributed by atoms with Crippen LogP contribution in [-0.4, -0.2) is 34.6 Å². The van der Waals surface area contributed by atoms with Crippen molar-refractivity contribution in [3.05, 3.63) is 78.0 Å². The molecule has 0 saturated carbocycles. The molecule has 1 fully saturated rings. The van der Waals surface area contributed by atoms with Gasteiger partial charge in [-0.05, 0) is 42.5 Å². The summed E-state index contributed by atoms with van der Waals surface area (Å²) in [5.41, 5.74) is 2.95. The maximum atomic E-state index is 12.5. The predicted octanol–water partition coefficient (Wildman–Crippen LogP) is 5.29. The van der Waals surface area contributed by atoms with Gasteiger partial charge >= 0.3 is 5.97 Å². The molecular weight excluding hydrogens is 376 g/mol. The number of hydrogen-bond acceptors (Lipinski definition) is 3. The van der Waals surface area contributed by atoms with E-state index >= 15 is 0 Å². The molecule has 1 aliphatic heterocycles. The Balaban J connectivity index is 1.62. The lowest BCUT2D eigenvalue weighted by atomic mass is 9.95. The van der Waals surface area contributed by atoms with Crippen molar-refractivity contribution in [2.75, 3.05) is 13.7 Å². The topological polar surface area (TPSA) is 65.6 Å². The number of fused-ring (bicyclic) bond motifs is 2. The summed E-state index contributed by atoms with van der Waals surface area (Å²) in [7, 11) is 1.68. The fourth-order valence-electron chi connectivity index (χ4n) is 4.97. The Labute approximate surface area is 174 Å². The molecule has 152 valence electrons. The number of nitrogens with one attached hydrogen (secondary N) is 1. The summed E-state index contributed by atoms with van der Waals surface area (Å²) < 4.78 is 5.55. The summed E-state index contributed by atoms with van der Waals surface area (Å²) in [4.78, 5) is 17.9. The number of benzene rings is 3. The zero-order chi connectivity index (χ0) is 20.7. The standard InChI is InChI=1S/C25H24N2O3/c1-30-23-13-12-18(16-7-2-3-9-19(16)23)22-11-6-14-27(22)24(25(28)29)20-15-26-21-10-5-4-8-17(20)21/h2-5,7-10,12-13,15,22,24,26H,6,11,14H2,1H3,(H,28,29)/t22-,24+/m0/s1. The van der Waals surface area contributed by atoms with Crippen LogP contribution in [0.4, 0.5) is 0 Å². The quantitative estimate of drug-likeness (QED) is 0.478. The van der Waals surface area contributed by atoms with Crippen molar-refractivity contribution >= 4 is 27.6 Å². The van der Waals surface area contributed by atoms with Crippen molar-refractivity contribution in [1.29, 1.82) is 0 Å². The molecule has 1 saturated heterocycles. The normalized spacial score (nSPS) is 18.1. The van der Waals surface area contributed by atoms with Gasteiger partial charge in [-0.25, -0.2) is 0 Å². The number of ether oxygens (including phenoxy) is 1. The largest absolute Gasteiger partial charge is 0.496 e. The SMILES string of the molecule is COc1ccc([C@@H]2CCCN2[C@@H](C(=O)O)c2c[nH]c3ccccc23)c2ccccc12. The van der Waals surface area contributed by atoms with E-state index in [0.717, 1.165) is 57.9 Å². The first-order valence-electron chi connectivity index (χ1n) is 10.3. The molecule has 0 bridgehead atoms. The zero-order valence-electron chi connectivity index (χ0n) is 16.8. The van der Waals surface area contributed by atoms with Crippen LogP contribution in [-0.2, 0) is 4.79 Å². The van der Waals surface area contributed by atoms with E-state index in [9.17, 15) is 9.90 Å². The highest BCUT2D eigenvalue weighted by Crippen LogP contribution is 2.43. The lowest BCUT2D eigenvalue weighted by Gasteiger charge is -2.31. The molecule has 5 rings (SSSR count). The minimum absolute atomic E-state index is 0.0376. The lowest BCUT2D eigenvalue weighted by Crippen LogP contribution is -2.33. The van der Waals surface area contributed by atoms with E-state index < -0.39 is 12.0 Å². The van der Waals surface area contributed by atoms with Crippen LogP contribution in [0.15, 0.2) is 66.9 Å². The first-order chi connectivity index (χ1) is 14.7. The molecule has 1 aliphatic rings. The number of nitrogens with zero attached hydrogens (tertiary/aromatic N) is 1. The second-order valence-corrected chi connectivity index (χ2v) is 7.83. The Morgan fingerprint density at radius 3 is 2.57 bits per heavy atom. The molecule has 0 amide bonds. The van der Waals surface area contributed by atoms with Gasteiger partial charge in [-0.15, -0.1) is 0 Å². The monoisotopic (exact) mass is 400 g/mol. The molecule has 5 nitrogen and oxygen atoms in total. The van der Waals surface area contributed by atoms with Crippen LogP contribution in [0.3, 0.4) is 0 Å². The molecule has 0 aliphatic carbocycles. The maximum Gasteiger partial charge on any atom is 0.325 e. The Morgan fingerprint density at radius 1 is 1.07 bits per heavy atom. The third-order valence-corrected chi connectivity index (χ3v) is 6.27. The molecule has 0 unspecified atom stereocenters. The summed E-state index contributed by atoms with van der Waals surface area (Å²) in [6.07, 6.45) is 3.75. The molecule has 2 atom stereocenters. The van der Waals surface area contributed by atoms with Crippen LogP contribution in [0.5, 0.6) is 5.75 Å². The Morgan fingerprint density at radius 2 is 1.80 bits per heavy atom. The number of likely N-dealkylation sites (tertiary alicyclic amines) is 1. The molecule has 5 heteroatoms. The number of carboxylic acid groups (broad SMARTS) is 1. The Hall–Kier alpha value is -3.31. The van der Waals surface area contributed by atoms with Crippen LogP contribution in [0.25, 0.3) is 21.7 Å². The van der Waals surface area contributed by atoms with Crippen LogP contribution in [0.2, 0.25) is 0 Å². The number of aliphatic carboxylic acids is 1. The highest BCUT2D eigenvalue weighted by molar-refractivity contribution is 5.92. The van der Waals surface area contributed by atoms with Crippen LogP contribution < -0.4 is 4.74 Å².